The van der Waals surface area contributed by atoms with E-state index in [9.17, 15) is 4.79 Å². The highest BCUT2D eigenvalue weighted by molar-refractivity contribution is 6.32. The normalized spacial score (nSPS) is 18.0. The van der Waals surface area contributed by atoms with Crippen LogP contribution in [-0.2, 0) is 4.74 Å². The van der Waals surface area contributed by atoms with Crippen molar-refractivity contribution in [1.82, 2.24) is 9.80 Å². The monoisotopic (exact) mass is 364 g/mol. The average molecular weight is 365 g/mol. The van der Waals surface area contributed by atoms with Gasteiger partial charge in [-0.25, -0.2) is 4.79 Å². The SMILES string of the molecule is CCOCCN1CCN(C(=O)Nc2ccc(C#N)c(Cl)c2)C[C@H]1CC. The lowest BCUT2D eigenvalue weighted by atomic mass is 10.1. The van der Waals surface area contributed by atoms with Gasteiger partial charge in [0.25, 0.3) is 0 Å². The molecule has 0 radical (unpaired) electrons. The van der Waals surface area contributed by atoms with Crippen LogP contribution >= 0.6 is 11.6 Å². The molecule has 1 aromatic carbocycles. The van der Waals surface area contributed by atoms with Gasteiger partial charge in [0.2, 0.25) is 0 Å². The van der Waals surface area contributed by atoms with Gasteiger partial charge in [0.15, 0.2) is 0 Å². The fraction of sp³-hybridized carbons (Fsp3) is 0.556. The number of rotatable bonds is 6. The van der Waals surface area contributed by atoms with Crippen molar-refractivity contribution in [1.29, 1.82) is 5.26 Å². The van der Waals surface area contributed by atoms with Gasteiger partial charge in [0, 0.05) is 44.5 Å². The maximum Gasteiger partial charge on any atom is 0.321 e. The summed E-state index contributed by atoms with van der Waals surface area (Å²) in [5.74, 6) is 0. The molecule has 0 aliphatic carbocycles. The molecule has 1 aliphatic rings. The van der Waals surface area contributed by atoms with Gasteiger partial charge in [-0.15, -0.1) is 0 Å². The highest BCUT2D eigenvalue weighted by Gasteiger charge is 2.28. The molecule has 7 heteroatoms. The number of amides is 2. The summed E-state index contributed by atoms with van der Waals surface area (Å²) in [6.45, 7) is 8.70. The summed E-state index contributed by atoms with van der Waals surface area (Å²) in [5, 5.41) is 12.1. The van der Waals surface area contributed by atoms with E-state index in [2.05, 4.69) is 17.1 Å². The Balaban J connectivity index is 1.92. The van der Waals surface area contributed by atoms with E-state index >= 15 is 0 Å². The molecule has 1 fully saturated rings. The number of carbonyl (C=O) groups excluding carboxylic acids is 1. The van der Waals surface area contributed by atoms with Crippen LogP contribution in [0, 0.1) is 11.3 Å². The van der Waals surface area contributed by atoms with Crippen LogP contribution in [0.1, 0.15) is 25.8 Å². The Bertz CT molecular complexity index is 632. The predicted molar refractivity (Wildman–Crippen MR) is 98.9 cm³/mol. The first-order chi connectivity index (χ1) is 12.1. The minimum Gasteiger partial charge on any atom is -0.380 e. The highest BCUT2D eigenvalue weighted by Crippen LogP contribution is 2.21. The maximum absolute atomic E-state index is 12.5. The largest absolute Gasteiger partial charge is 0.380 e. The van der Waals surface area contributed by atoms with E-state index in [4.69, 9.17) is 21.6 Å². The number of hydrogen-bond donors (Lipinski definition) is 1. The summed E-state index contributed by atoms with van der Waals surface area (Å²) in [7, 11) is 0. The van der Waals surface area contributed by atoms with Gasteiger partial charge in [0.1, 0.15) is 6.07 Å². The van der Waals surface area contributed by atoms with Crippen LogP contribution in [0.15, 0.2) is 18.2 Å². The van der Waals surface area contributed by atoms with E-state index in [1.165, 1.54) is 0 Å². The predicted octanol–water partition coefficient (Wildman–Crippen LogP) is 3.18. The first-order valence-corrected chi connectivity index (χ1v) is 9.04. The van der Waals surface area contributed by atoms with Crippen molar-refractivity contribution < 1.29 is 9.53 Å². The summed E-state index contributed by atoms with van der Waals surface area (Å²) < 4.78 is 5.44. The van der Waals surface area contributed by atoms with Crippen LogP contribution in [0.5, 0.6) is 0 Å². The lowest BCUT2D eigenvalue weighted by Gasteiger charge is -2.41. The van der Waals surface area contributed by atoms with Crippen molar-refractivity contribution in [3.63, 3.8) is 0 Å². The summed E-state index contributed by atoms with van der Waals surface area (Å²) in [4.78, 5) is 16.7. The van der Waals surface area contributed by atoms with Crippen LogP contribution < -0.4 is 5.32 Å². The third-order valence-corrected chi connectivity index (χ3v) is 4.74. The lowest BCUT2D eigenvalue weighted by Crippen LogP contribution is -2.56. The summed E-state index contributed by atoms with van der Waals surface area (Å²) >= 11 is 6.02. The number of nitriles is 1. The second kappa shape index (κ2) is 9.62. The van der Waals surface area contributed by atoms with Gasteiger partial charge in [-0.05, 0) is 31.5 Å². The van der Waals surface area contributed by atoms with Gasteiger partial charge in [-0.1, -0.05) is 18.5 Å². The number of halogens is 1. The van der Waals surface area contributed by atoms with Crippen molar-refractivity contribution in [2.45, 2.75) is 26.3 Å². The Morgan fingerprint density at radius 3 is 2.88 bits per heavy atom. The zero-order chi connectivity index (χ0) is 18.2. The first-order valence-electron chi connectivity index (χ1n) is 8.66. The molecule has 1 saturated heterocycles. The topological polar surface area (TPSA) is 68.6 Å². The van der Waals surface area contributed by atoms with E-state index in [1.807, 2.05) is 17.9 Å². The Morgan fingerprint density at radius 1 is 1.44 bits per heavy atom. The molecule has 2 rings (SSSR count). The van der Waals surface area contributed by atoms with Crippen molar-refractivity contribution >= 4 is 23.3 Å². The van der Waals surface area contributed by atoms with Gasteiger partial charge >= 0.3 is 6.03 Å². The molecule has 0 unspecified atom stereocenters. The third kappa shape index (κ3) is 5.33. The van der Waals surface area contributed by atoms with Crippen LogP contribution in [0.25, 0.3) is 0 Å². The molecule has 1 N–H and O–H groups in total. The Labute approximate surface area is 154 Å². The molecule has 1 heterocycles. The molecule has 1 aliphatic heterocycles. The molecule has 1 atom stereocenters. The number of piperazine rings is 1. The summed E-state index contributed by atoms with van der Waals surface area (Å²) in [6, 6.07) is 7.12. The smallest absolute Gasteiger partial charge is 0.321 e. The average Bonchev–Trinajstić information content (AvgIpc) is 2.62. The summed E-state index contributed by atoms with van der Waals surface area (Å²) in [6.07, 6.45) is 0.985. The molecule has 6 nitrogen and oxygen atoms in total. The van der Waals surface area contributed by atoms with Gasteiger partial charge in [-0.2, -0.15) is 5.26 Å². The number of carbonyl (C=O) groups is 1. The maximum atomic E-state index is 12.5. The number of ether oxygens (including phenoxy) is 1. The second-order valence-corrected chi connectivity index (χ2v) is 6.38. The van der Waals surface area contributed by atoms with Gasteiger partial charge in [-0.3, -0.25) is 4.90 Å². The minimum absolute atomic E-state index is 0.135. The fourth-order valence-electron chi connectivity index (χ4n) is 2.97. The Hall–Kier alpha value is -1.81. The highest BCUT2D eigenvalue weighted by atomic mass is 35.5. The number of hydrogen-bond acceptors (Lipinski definition) is 4. The van der Waals surface area contributed by atoms with Gasteiger partial charge < -0.3 is 15.0 Å². The molecule has 2 amide bonds. The molecule has 0 saturated carbocycles. The fourth-order valence-corrected chi connectivity index (χ4v) is 3.19. The number of anilines is 1. The van der Waals surface area contributed by atoms with Crippen LogP contribution in [-0.4, -0.2) is 61.3 Å². The molecule has 0 bridgehead atoms. The minimum atomic E-state index is -0.135. The molecule has 1 aromatic rings. The van der Waals surface area contributed by atoms with E-state index < -0.39 is 0 Å². The Kier molecular flexibility index (Phi) is 7.51. The van der Waals surface area contributed by atoms with E-state index in [0.29, 0.717) is 35.4 Å². The lowest BCUT2D eigenvalue weighted by molar-refractivity contribution is 0.0545. The molecular formula is C18H25ClN4O2. The number of nitrogens with zero attached hydrogens (tertiary/aromatic N) is 3. The number of benzene rings is 1. The van der Waals surface area contributed by atoms with Crippen molar-refractivity contribution in [3.05, 3.63) is 28.8 Å². The molecule has 0 aromatic heterocycles. The van der Waals surface area contributed by atoms with Crippen molar-refractivity contribution in [3.8, 4) is 6.07 Å². The summed E-state index contributed by atoms with van der Waals surface area (Å²) in [5.41, 5.74) is 0.995. The van der Waals surface area contributed by atoms with E-state index in [1.54, 1.807) is 18.2 Å². The zero-order valence-electron chi connectivity index (χ0n) is 14.8. The third-order valence-electron chi connectivity index (χ3n) is 4.43. The number of nitrogens with one attached hydrogen (secondary N) is 1. The van der Waals surface area contributed by atoms with E-state index in [-0.39, 0.29) is 6.03 Å². The first kappa shape index (κ1) is 19.5. The molecule has 0 spiro atoms. The quantitative estimate of drug-likeness (QED) is 0.787. The Morgan fingerprint density at radius 2 is 2.24 bits per heavy atom. The molecule has 136 valence electrons. The number of urea groups is 1. The molecular weight excluding hydrogens is 340 g/mol. The van der Waals surface area contributed by atoms with E-state index in [0.717, 1.165) is 32.7 Å². The van der Waals surface area contributed by atoms with Crippen LogP contribution in [0.3, 0.4) is 0 Å². The van der Waals surface area contributed by atoms with Crippen molar-refractivity contribution in [2.75, 3.05) is 44.7 Å². The zero-order valence-corrected chi connectivity index (χ0v) is 15.6. The van der Waals surface area contributed by atoms with Gasteiger partial charge in [0.05, 0.1) is 17.2 Å². The van der Waals surface area contributed by atoms with Crippen LogP contribution in [0.2, 0.25) is 5.02 Å². The van der Waals surface area contributed by atoms with Crippen molar-refractivity contribution in [2.24, 2.45) is 0 Å². The second-order valence-electron chi connectivity index (χ2n) is 5.98. The van der Waals surface area contributed by atoms with Crippen LogP contribution in [0.4, 0.5) is 10.5 Å². The standard InChI is InChI=1S/C18H25ClN4O2/c1-3-16-13-23(8-7-22(16)9-10-25-4-2)18(24)21-15-6-5-14(12-20)17(19)11-15/h5-6,11,16H,3-4,7-10,13H2,1-2H3,(H,21,24)/t16-/m1/s1. The molecule has 25 heavy (non-hydrogen) atoms.